The topological polar surface area (TPSA) is 78.0 Å². The predicted molar refractivity (Wildman–Crippen MR) is 116 cm³/mol. The van der Waals surface area contributed by atoms with Gasteiger partial charge in [0.2, 0.25) is 15.9 Å². The molecule has 0 spiro atoms. The molecule has 0 aromatic heterocycles. The van der Waals surface area contributed by atoms with Crippen LogP contribution in [-0.4, -0.2) is 69.0 Å². The summed E-state index contributed by atoms with van der Waals surface area (Å²) >= 11 is 0. The van der Waals surface area contributed by atoms with Crippen molar-refractivity contribution in [1.29, 1.82) is 0 Å². The highest BCUT2D eigenvalue weighted by atomic mass is 32.2. The largest absolute Gasteiger partial charge is 0.342 e. The molecule has 3 heterocycles. The van der Waals surface area contributed by atoms with Gasteiger partial charge in [-0.15, -0.1) is 0 Å². The van der Waals surface area contributed by atoms with Crippen LogP contribution in [-0.2, 0) is 21.2 Å². The average molecular weight is 434 g/mol. The minimum absolute atomic E-state index is 0.0164. The van der Waals surface area contributed by atoms with Gasteiger partial charge in [0.25, 0.3) is 5.91 Å². The summed E-state index contributed by atoms with van der Waals surface area (Å²) in [4.78, 5) is 29.7. The van der Waals surface area contributed by atoms with Crippen molar-refractivity contribution >= 4 is 27.5 Å². The highest BCUT2D eigenvalue weighted by Crippen LogP contribution is 2.31. The van der Waals surface area contributed by atoms with Gasteiger partial charge in [0, 0.05) is 44.2 Å². The average Bonchev–Trinajstić information content (AvgIpc) is 3.16. The quantitative estimate of drug-likeness (QED) is 0.732. The van der Waals surface area contributed by atoms with E-state index >= 15 is 0 Å². The maximum Gasteiger partial charge on any atom is 0.253 e. The van der Waals surface area contributed by atoms with Crippen molar-refractivity contribution in [2.45, 2.75) is 39.0 Å². The Kier molecular flexibility index (Phi) is 5.79. The zero-order valence-corrected chi connectivity index (χ0v) is 18.7. The molecule has 8 heteroatoms. The number of likely N-dealkylation sites (tertiary alicyclic amines) is 2. The van der Waals surface area contributed by atoms with Crippen LogP contribution in [0.25, 0.3) is 0 Å². The Morgan fingerprint density at radius 3 is 2.40 bits per heavy atom. The predicted octanol–water partition coefficient (Wildman–Crippen LogP) is 2.12. The molecule has 0 N–H and O–H groups in total. The summed E-state index contributed by atoms with van der Waals surface area (Å²) in [6.07, 6.45) is 5.52. The molecule has 0 saturated carbocycles. The van der Waals surface area contributed by atoms with Crippen molar-refractivity contribution in [3.05, 3.63) is 29.3 Å². The summed E-state index contributed by atoms with van der Waals surface area (Å²) in [6, 6.07) is 5.29. The van der Waals surface area contributed by atoms with Crippen LogP contribution in [0, 0.1) is 11.8 Å². The van der Waals surface area contributed by atoms with Crippen molar-refractivity contribution in [3.63, 3.8) is 0 Å². The number of amides is 2. The van der Waals surface area contributed by atoms with E-state index in [0.29, 0.717) is 56.1 Å². The van der Waals surface area contributed by atoms with Crippen LogP contribution >= 0.6 is 0 Å². The van der Waals surface area contributed by atoms with Crippen LogP contribution in [0.5, 0.6) is 0 Å². The van der Waals surface area contributed by atoms with Gasteiger partial charge in [0.1, 0.15) is 0 Å². The lowest BCUT2D eigenvalue weighted by molar-refractivity contribution is -0.138. The highest BCUT2D eigenvalue weighted by molar-refractivity contribution is 7.92. The van der Waals surface area contributed by atoms with Gasteiger partial charge in [-0.3, -0.25) is 13.9 Å². The second-order valence-electron chi connectivity index (χ2n) is 9.03. The molecule has 7 nitrogen and oxygen atoms in total. The second kappa shape index (κ2) is 8.21. The molecule has 1 aromatic carbocycles. The first kappa shape index (κ1) is 21.2. The van der Waals surface area contributed by atoms with Crippen molar-refractivity contribution in [3.8, 4) is 0 Å². The number of benzene rings is 1. The molecule has 30 heavy (non-hydrogen) atoms. The SMILES string of the molecule is CC1CCCN(C(=O)C2CCN(C(=O)c3ccc4c(c3)CCN4S(C)(=O)=O)CC2)C1. The van der Waals surface area contributed by atoms with Crippen LogP contribution < -0.4 is 4.31 Å². The third kappa shape index (κ3) is 4.19. The molecule has 3 aliphatic heterocycles. The lowest BCUT2D eigenvalue weighted by atomic mass is 9.92. The minimum Gasteiger partial charge on any atom is -0.342 e. The molecular weight excluding hydrogens is 402 g/mol. The number of sulfonamides is 1. The standard InChI is InChI=1S/C22H31N3O4S/c1-16-4-3-10-24(15-16)21(26)17-7-11-23(12-8-17)22(27)19-5-6-20-18(14-19)9-13-25(20)30(2,28)29/h5-6,14,16-17H,3-4,7-13,15H2,1-2H3. The molecule has 1 atom stereocenters. The fourth-order valence-electron chi connectivity index (χ4n) is 5.01. The van der Waals surface area contributed by atoms with Crippen LogP contribution in [0.15, 0.2) is 18.2 Å². The summed E-state index contributed by atoms with van der Waals surface area (Å²) in [5.74, 6) is 0.811. The Bertz CT molecular complexity index is 938. The van der Waals surface area contributed by atoms with Crippen LogP contribution in [0.2, 0.25) is 0 Å². The van der Waals surface area contributed by atoms with Gasteiger partial charge in [-0.25, -0.2) is 8.42 Å². The number of hydrogen-bond donors (Lipinski definition) is 0. The van der Waals surface area contributed by atoms with Crippen molar-refractivity contribution < 1.29 is 18.0 Å². The van der Waals surface area contributed by atoms with Gasteiger partial charge in [-0.05, 0) is 61.8 Å². The summed E-state index contributed by atoms with van der Waals surface area (Å²) in [6.45, 7) is 5.52. The zero-order valence-electron chi connectivity index (χ0n) is 17.8. The number of piperidine rings is 2. The van der Waals surface area contributed by atoms with E-state index in [2.05, 4.69) is 6.92 Å². The lowest BCUT2D eigenvalue weighted by Crippen LogP contribution is -2.47. The molecule has 1 aromatic rings. The van der Waals surface area contributed by atoms with Crippen LogP contribution in [0.3, 0.4) is 0 Å². The van der Waals surface area contributed by atoms with Crippen molar-refractivity contribution in [2.24, 2.45) is 11.8 Å². The zero-order chi connectivity index (χ0) is 21.5. The van der Waals surface area contributed by atoms with E-state index in [0.717, 1.165) is 25.1 Å². The Morgan fingerprint density at radius 1 is 1.00 bits per heavy atom. The number of rotatable bonds is 3. The number of hydrogen-bond acceptors (Lipinski definition) is 4. The molecule has 2 saturated heterocycles. The first-order valence-electron chi connectivity index (χ1n) is 10.9. The van der Waals surface area contributed by atoms with E-state index in [4.69, 9.17) is 0 Å². The Morgan fingerprint density at radius 2 is 1.73 bits per heavy atom. The van der Waals surface area contributed by atoms with Gasteiger partial charge in [0.05, 0.1) is 11.9 Å². The van der Waals surface area contributed by atoms with Crippen LogP contribution in [0.1, 0.15) is 48.5 Å². The maximum absolute atomic E-state index is 13.0. The summed E-state index contributed by atoms with van der Waals surface area (Å²) in [7, 11) is -3.29. The third-order valence-corrected chi connectivity index (χ3v) is 7.86. The first-order chi connectivity index (χ1) is 14.2. The fourth-order valence-corrected chi connectivity index (χ4v) is 5.97. The molecule has 0 radical (unpaired) electrons. The van der Waals surface area contributed by atoms with Crippen molar-refractivity contribution in [1.82, 2.24) is 9.80 Å². The Balaban J connectivity index is 1.37. The number of carbonyl (C=O) groups excluding carboxylic acids is 2. The van der Waals surface area contributed by atoms with E-state index in [1.807, 2.05) is 15.9 Å². The lowest BCUT2D eigenvalue weighted by Gasteiger charge is -2.37. The molecule has 2 amide bonds. The fraction of sp³-hybridized carbons (Fsp3) is 0.636. The van der Waals surface area contributed by atoms with E-state index in [1.165, 1.54) is 17.0 Å². The first-order valence-corrected chi connectivity index (χ1v) is 12.8. The normalized spacial score (nSPS) is 22.9. The van der Waals surface area contributed by atoms with Gasteiger partial charge in [-0.2, -0.15) is 0 Å². The number of fused-ring (bicyclic) bond motifs is 1. The van der Waals surface area contributed by atoms with Gasteiger partial charge in [0.15, 0.2) is 0 Å². The molecule has 1 unspecified atom stereocenters. The van der Waals surface area contributed by atoms with E-state index in [1.54, 1.807) is 12.1 Å². The van der Waals surface area contributed by atoms with Gasteiger partial charge < -0.3 is 9.80 Å². The molecular formula is C22H31N3O4S. The number of anilines is 1. The van der Waals surface area contributed by atoms with E-state index < -0.39 is 10.0 Å². The second-order valence-corrected chi connectivity index (χ2v) is 10.9. The third-order valence-electron chi connectivity index (χ3n) is 6.68. The molecule has 0 bridgehead atoms. The summed E-state index contributed by atoms with van der Waals surface area (Å²) < 4.78 is 25.2. The Hall–Kier alpha value is -2.09. The smallest absolute Gasteiger partial charge is 0.253 e. The minimum atomic E-state index is -3.29. The van der Waals surface area contributed by atoms with E-state index in [-0.39, 0.29) is 17.7 Å². The van der Waals surface area contributed by atoms with Gasteiger partial charge >= 0.3 is 0 Å². The molecule has 3 aliphatic rings. The summed E-state index contributed by atoms with van der Waals surface area (Å²) in [5, 5.41) is 0. The maximum atomic E-state index is 13.0. The summed E-state index contributed by atoms with van der Waals surface area (Å²) in [5.41, 5.74) is 2.17. The molecule has 0 aliphatic carbocycles. The number of carbonyl (C=O) groups is 2. The Labute approximate surface area is 179 Å². The highest BCUT2D eigenvalue weighted by Gasteiger charge is 2.33. The molecule has 164 valence electrons. The van der Waals surface area contributed by atoms with Crippen molar-refractivity contribution in [2.75, 3.05) is 43.3 Å². The van der Waals surface area contributed by atoms with Gasteiger partial charge in [-0.1, -0.05) is 6.92 Å². The van der Waals surface area contributed by atoms with Crippen LogP contribution in [0.4, 0.5) is 5.69 Å². The molecule has 2 fully saturated rings. The molecule has 4 rings (SSSR count). The number of nitrogens with zero attached hydrogens (tertiary/aromatic N) is 3. The monoisotopic (exact) mass is 433 g/mol. The van der Waals surface area contributed by atoms with E-state index in [9.17, 15) is 18.0 Å².